The molecule has 0 radical (unpaired) electrons. The van der Waals surface area contributed by atoms with E-state index in [1.54, 1.807) is 6.21 Å². The predicted octanol–water partition coefficient (Wildman–Crippen LogP) is 2.54. The third-order valence-corrected chi connectivity index (χ3v) is 6.17. The number of rotatable bonds is 6. The van der Waals surface area contributed by atoms with E-state index < -0.39 is 0 Å². The van der Waals surface area contributed by atoms with Gasteiger partial charge in [0.25, 0.3) is 0 Å². The third-order valence-electron chi connectivity index (χ3n) is 6.17. The second-order valence-electron chi connectivity index (χ2n) is 8.76. The van der Waals surface area contributed by atoms with Crippen LogP contribution in [0.4, 0.5) is 11.4 Å². The van der Waals surface area contributed by atoms with Crippen molar-refractivity contribution in [1.82, 2.24) is 10.2 Å². The second-order valence-corrected chi connectivity index (χ2v) is 8.76. The molecule has 2 aliphatic heterocycles. The Morgan fingerprint density at radius 1 is 1.35 bits per heavy atom. The molecule has 0 aliphatic carbocycles. The van der Waals surface area contributed by atoms with Crippen molar-refractivity contribution in [3.05, 3.63) is 35.4 Å². The van der Waals surface area contributed by atoms with Crippen molar-refractivity contribution in [2.45, 2.75) is 52.3 Å². The summed E-state index contributed by atoms with van der Waals surface area (Å²) in [5.74, 6) is 0.435. The molecule has 0 spiro atoms. The fourth-order valence-electron chi connectivity index (χ4n) is 4.44. The molecule has 1 aromatic rings. The summed E-state index contributed by atoms with van der Waals surface area (Å²) in [7, 11) is 0. The van der Waals surface area contributed by atoms with Gasteiger partial charge in [-0.25, -0.2) is 0 Å². The molecule has 2 aliphatic rings. The van der Waals surface area contributed by atoms with E-state index in [-0.39, 0.29) is 24.1 Å². The van der Waals surface area contributed by atoms with Crippen LogP contribution >= 0.6 is 0 Å². The van der Waals surface area contributed by atoms with E-state index in [1.165, 1.54) is 0 Å². The average molecular weight is 424 g/mol. The van der Waals surface area contributed by atoms with Gasteiger partial charge in [0.2, 0.25) is 5.91 Å². The van der Waals surface area contributed by atoms with Gasteiger partial charge in [0.1, 0.15) is 6.07 Å². The van der Waals surface area contributed by atoms with Crippen molar-refractivity contribution in [2.24, 2.45) is 10.9 Å². The number of piperidine rings is 1. The van der Waals surface area contributed by atoms with E-state index in [1.807, 2.05) is 50.0 Å². The molecule has 3 atom stereocenters. The Morgan fingerprint density at radius 3 is 2.74 bits per heavy atom. The van der Waals surface area contributed by atoms with Gasteiger partial charge in [0, 0.05) is 44.1 Å². The van der Waals surface area contributed by atoms with Crippen molar-refractivity contribution in [3.63, 3.8) is 0 Å². The lowest BCUT2D eigenvalue weighted by Crippen LogP contribution is -2.60. The first-order chi connectivity index (χ1) is 14.8. The number of β-amino-alcohol motifs (C(OH)–C–C–N with tert-alkyl or cyclic N) is 1. The number of carbonyl (C=O) groups is 1. The van der Waals surface area contributed by atoms with Crippen LogP contribution in [-0.4, -0.2) is 66.5 Å². The molecule has 2 heterocycles. The first-order valence-corrected chi connectivity index (χ1v) is 11.0. The van der Waals surface area contributed by atoms with Crippen LogP contribution in [0.5, 0.6) is 0 Å². The van der Waals surface area contributed by atoms with Gasteiger partial charge in [-0.3, -0.25) is 14.7 Å². The molecule has 166 valence electrons. The highest BCUT2D eigenvalue weighted by Crippen LogP contribution is 2.34. The minimum atomic E-state index is -0.315. The van der Waals surface area contributed by atoms with Crippen LogP contribution in [0, 0.1) is 24.2 Å². The number of amides is 1. The Balaban J connectivity index is 1.76. The van der Waals surface area contributed by atoms with Crippen molar-refractivity contribution in [3.8, 4) is 6.07 Å². The predicted molar refractivity (Wildman–Crippen MR) is 124 cm³/mol. The maximum atomic E-state index is 12.7. The lowest BCUT2D eigenvalue weighted by Gasteiger charge is -2.42. The average Bonchev–Trinajstić information content (AvgIpc) is 2.71. The van der Waals surface area contributed by atoms with Crippen LogP contribution in [0.25, 0.3) is 0 Å². The molecule has 1 aromatic carbocycles. The number of benzene rings is 1. The molecule has 3 rings (SSSR count). The molecule has 7 nitrogen and oxygen atoms in total. The van der Waals surface area contributed by atoms with Gasteiger partial charge in [0.05, 0.1) is 23.4 Å². The number of aliphatic imine (C=N–C) groups is 1. The van der Waals surface area contributed by atoms with Crippen molar-refractivity contribution in [1.29, 1.82) is 5.26 Å². The van der Waals surface area contributed by atoms with Crippen LogP contribution < -0.4 is 10.2 Å². The number of nitrogens with zero attached hydrogens (tertiary/aromatic N) is 4. The zero-order chi connectivity index (χ0) is 22.5. The summed E-state index contributed by atoms with van der Waals surface area (Å²) in [6.45, 7) is 10.7. The number of likely N-dealkylation sites (tertiary alicyclic amines) is 1. The molecular weight excluding hydrogens is 390 g/mol. The lowest BCUT2D eigenvalue weighted by atomic mass is 9.94. The van der Waals surface area contributed by atoms with Crippen LogP contribution in [0.2, 0.25) is 0 Å². The molecule has 31 heavy (non-hydrogen) atoms. The molecule has 0 aromatic heterocycles. The maximum Gasteiger partial charge on any atom is 0.237 e. The number of allylic oxidation sites excluding steroid dienone is 2. The first kappa shape index (κ1) is 23.0. The molecule has 1 amide bonds. The summed E-state index contributed by atoms with van der Waals surface area (Å²) in [5, 5.41) is 22.2. The molecular formula is C24H33N5O2. The van der Waals surface area contributed by atoms with E-state index in [4.69, 9.17) is 0 Å². The Hall–Kier alpha value is -2.69. The minimum absolute atomic E-state index is 0.0131. The Morgan fingerprint density at radius 2 is 2.10 bits per heavy atom. The summed E-state index contributed by atoms with van der Waals surface area (Å²) in [4.78, 5) is 21.5. The summed E-state index contributed by atoms with van der Waals surface area (Å²) < 4.78 is 0. The lowest BCUT2D eigenvalue weighted by molar-refractivity contribution is -0.131. The van der Waals surface area contributed by atoms with Crippen molar-refractivity contribution in [2.75, 3.05) is 31.1 Å². The number of hydrogen-bond donors (Lipinski definition) is 2. The van der Waals surface area contributed by atoms with Gasteiger partial charge in [-0.15, -0.1) is 0 Å². The molecule has 2 N–H and O–H groups in total. The fraction of sp³-hybridized carbons (Fsp3) is 0.542. The summed E-state index contributed by atoms with van der Waals surface area (Å²) >= 11 is 0. The normalized spacial score (nSPS) is 23.7. The quantitative estimate of drug-likeness (QED) is 0.686. The Bertz CT molecular complexity index is 898. The highest BCUT2D eigenvalue weighted by molar-refractivity contribution is 5.82. The third kappa shape index (κ3) is 5.33. The standard InChI is InChI=1S/C24H33N5O2/c1-5-6-9-26-23-17(3)22(8-7-19(23)11-25)29-12-16(2)10-20(13-29)27-24(31)18(4)28-14-21(30)15-28/h5-9,16,18,20-21,30H,10,12-15H2,1-4H3,(H,27,31)/b6-5+,26-9?/t16-,18?,20+/m0/s1. The first-order valence-electron chi connectivity index (χ1n) is 11.0. The molecule has 0 saturated carbocycles. The van der Waals surface area contributed by atoms with Gasteiger partial charge >= 0.3 is 0 Å². The summed E-state index contributed by atoms with van der Waals surface area (Å²) in [6, 6.07) is 5.87. The van der Waals surface area contributed by atoms with Gasteiger partial charge < -0.3 is 15.3 Å². The topological polar surface area (TPSA) is 92.0 Å². The van der Waals surface area contributed by atoms with Crippen LogP contribution in [0.3, 0.4) is 0 Å². The number of carbonyl (C=O) groups excluding carboxylic acids is 1. The number of nitrogens with one attached hydrogen (secondary N) is 1. The minimum Gasteiger partial charge on any atom is -0.390 e. The van der Waals surface area contributed by atoms with Gasteiger partial charge in [0.15, 0.2) is 0 Å². The van der Waals surface area contributed by atoms with E-state index in [0.29, 0.717) is 30.3 Å². The zero-order valence-corrected chi connectivity index (χ0v) is 18.9. The van der Waals surface area contributed by atoms with Gasteiger partial charge in [-0.1, -0.05) is 13.0 Å². The van der Waals surface area contributed by atoms with Crippen molar-refractivity contribution < 1.29 is 9.90 Å². The molecule has 2 saturated heterocycles. The van der Waals surface area contributed by atoms with E-state index in [0.717, 1.165) is 30.8 Å². The highest BCUT2D eigenvalue weighted by atomic mass is 16.3. The number of aliphatic hydroxyl groups excluding tert-OH is 1. The van der Waals surface area contributed by atoms with Crippen LogP contribution in [0.15, 0.2) is 29.3 Å². The molecule has 1 unspecified atom stereocenters. The number of nitriles is 1. The van der Waals surface area contributed by atoms with Crippen LogP contribution in [-0.2, 0) is 4.79 Å². The smallest absolute Gasteiger partial charge is 0.237 e. The summed E-state index contributed by atoms with van der Waals surface area (Å²) in [5.41, 5.74) is 3.28. The van der Waals surface area contributed by atoms with Gasteiger partial charge in [-0.2, -0.15) is 5.26 Å². The Labute approximate surface area is 185 Å². The van der Waals surface area contributed by atoms with E-state index >= 15 is 0 Å². The Kier molecular flexibility index (Phi) is 7.47. The number of anilines is 1. The van der Waals surface area contributed by atoms with E-state index in [9.17, 15) is 15.2 Å². The van der Waals surface area contributed by atoms with Crippen LogP contribution in [0.1, 0.15) is 38.3 Å². The van der Waals surface area contributed by atoms with Gasteiger partial charge in [-0.05, 0) is 56.9 Å². The van der Waals surface area contributed by atoms with E-state index in [2.05, 4.69) is 28.2 Å². The second kappa shape index (κ2) is 10.1. The highest BCUT2D eigenvalue weighted by Gasteiger charge is 2.34. The SMILES string of the molecule is C/C=C/C=Nc1c(C#N)ccc(N2C[C@@H](C)C[C@@H](NC(=O)C(C)N3CC(O)C3)C2)c1C. The maximum absolute atomic E-state index is 12.7. The monoisotopic (exact) mass is 423 g/mol. The molecule has 0 bridgehead atoms. The number of hydrogen-bond acceptors (Lipinski definition) is 6. The largest absolute Gasteiger partial charge is 0.390 e. The number of aliphatic hydroxyl groups is 1. The summed E-state index contributed by atoms with van der Waals surface area (Å²) in [6.07, 6.45) is 6.07. The fourth-order valence-corrected chi connectivity index (χ4v) is 4.44. The molecule has 2 fully saturated rings. The van der Waals surface area contributed by atoms with Crippen molar-refractivity contribution >= 4 is 23.5 Å². The molecule has 7 heteroatoms. The zero-order valence-electron chi connectivity index (χ0n) is 18.9.